The second-order valence-electron chi connectivity index (χ2n) is 3.67. The number of nitrogens with zero attached hydrogens (tertiary/aromatic N) is 1. The third-order valence-electron chi connectivity index (χ3n) is 2.76. The fraction of sp³-hybridized carbons (Fsp3) is 0.545. The summed E-state index contributed by atoms with van der Waals surface area (Å²) in [4.78, 5) is 4.27. The van der Waals surface area contributed by atoms with E-state index >= 15 is 0 Å². The van der Waals surface area contributed by atoms with Crippen molar-refractivity contribution in [2.75, 3.05) is 13.1 Å². The lowest BCUT2D eigenvalue weighted by Crippen LogP contribution is -2.08. The van der Waals surface area contributed by atoms with Crippen molar-refractivity contribution in [3.8, 4) is 0 Å². The van der Waals surface area contributed by atoms with Gasteiger partial charge in [0.25, 0.3) is 0 Å². The number of aryl methyl sites for hydroxylation is 1. The van der Waals surface area contributed by atoms with Crippen LogP contribution in [0.2, 0.25) is 0 Å². The summed E-state index contributed by atoms with van der Waals surface area (Å²) in [5.41, 5.74) is 2.76. The van der Waals surface area contributed by atoms with Crippen LogP contribution in [-0.2, 0) is 6.42 Å². The molecule has 2 rings (SSSR count). The van der Waals surface area contributed by atoms with Crippen molar-refractivity contribution < 1.29 is 0 Å². The molecule has 2 heteroatoms. The molecule has 1 aliphatic rings. The van der Waals surface area contributed by atoms with Crippen LogP contribution in [0.25, 0.3) is 0 Å². The first-order chi connectivity index (χ1) is 6.40. The molecule has 0 spiro atoms. The third-order valence-corrected chi connectivity index (χ3v) is 2.76. The van der Waals surface area contributed by atoms with E-state index in [2.05, 4.69) is 23.3 Å². The minimum Gasteiger partial charge on any atom is -0.316 e. The SMILES string of the molecule is CCc1cncc(C2CCNC2)c1. The van der Waals surface area contributed by atoms with Crippen LogP contribution >= 0.6 is 0 Å². The second kappa shape index (κ2) is 3.88. The Bertz CT molecular complexity index is 277. The highest BCUT2D eigenvalue weighted by molar-refractivity contribution is 5.22. The van der Waals surface area contributed by atoms with Crippen LogP contribution in [0.5, 0.6) is 0 Å². The number of nitrogens with one attached hydrogen (secondary N) is 1. The Kier molecular flexibility index (Phi) is 2.60. The Hall–Kier alpha value is -0.890. The van der Waals surface area contributed by atoms with Gasteiger partial charge in [-0.05, 0) is 36.4 Å². The smallest absolute Gasteiger partial charge is 0.0303 e. The van der Waals surface area contributed by atoms with Gasteiger partial charge < -0.3 is 5.32 Å². The first-order valence-corrected chi connectivity index (χ1v) is 5.04. The standard InChI is InChI=1S/C11H16N2/c1-2-9-5-11(8-13-6-9)10-3-4-12-7-10/h5-6,8,10,12H,2-4,7H2,1H3. The van der Waals surface area contributed by atoms with E-state index in [-0.39, 0.29) is 0 Å². The van der Waals surface area contributed by atoms with Crippen molar-refractivity contribution in [3.63, 3.8) is 0 Å². The maximum absolute atomic E-state index is 4.27. The molecule has 0 aromatic carbocycles. The molecule has 1 unspecified atom stereocenters. The van der Waals surface area contributed by atoms with Gasteiger partial charge in [0, 0.05) is 18.9 Å². The van der Waals surface area contributed by atoms with Crippen molar-refractivity contribution in [3.05, 3.63) is 29.6 Å². The molecule has 0 amide bonds. The molecule has 1 N–H and O–H groups in total. The van der Waals surface area contributed by atoms with E-state index in [0.29, 0.717) is 5.92 Å². The fourth-order valence-corrected chi connectivity index (χ4v) is 1.86. The molecule has 70 valence electrons. The quantitative estimate of drug-likeness (QED) is 0.742. The summed E-state index contributed by atoms with van der Waals surface area (Å²) in [6.45, 7) is 4.45. The van der Waals surface area contributed by atoms with E-state index in [0.717, 1.165) is 19.5 Å². The van der Waals surface area contributed by atoms with E-state index in [4.69, 9.17) is 0 Å². The van der Waals surface area contributed by atoms with E-state index in [1.54, 1.807) is 0 Å². The number of aromatic nitrogens is 1. The van der Waals surface area contributed by atoms with E-state index < -0.39 is 0 Å². The van der Waals surface area contributed by atoms with Crippen LogP contribution in [0.1, 0.15) is 30.4 Å². The van der Waals surface area contributed by atoms with Gasteiger partial charge in [0.05, 0.1) is 0 Å². The third kappa shape index (κ3) is 1.89. The molecule has 1 aromatic rings. The summed E-state index contributed by atoms with van der Waals surface area (Å²) in [5, 5.41) is 3.38. The van der Waals surface area contributed by atoms with E-state index in [1.165, 1.54) is 17.5 Å². The molecule has 13 heavy (non-hydrogen) atoms. The van der Waals surface area contributed by atoms with Crippen LogP contribution in [-0.4, -0.2) is 18.1 Å². The van der Waals surface area contributed by atoms with Gasteiger partial charge in [0.2, 0.25) is 0 Å². The predicted octanol–water partition coefficient (Wildman–Crippen LogP) is 1.72. The van der Waals surface area contributed by atoms with Gasteiger partial charge in [0.1, 0.15) is 0 Å². The summed E-state index contributed by atoms with van der Waals surface area (Å²) in [6, 6.07) is 2.30. The summed E-state index contributed by atoms with van der Waals surface area (Å²) in [6.07, 6.45) is 6.32. The van der Waals surface area contributed by atoms with Gasteiger partial charge >= 0.3 is 0 Å². The second-order valence-corrected chi connectivity index (χ2v) is 3.67. The molecule has 1 saturated heterocycles. The monoisotopic (exact) mass is 176 g/mol. The highest BCUT2D eigenvalue weighted by Gasteiger charge is 2.16. The van der Waals surface area contributed by atoms with E-state index in [9.17, 15) is 0 Å². The molecular formula is C11H16N2. The summed E-state index contributed by atoms with van der Waals surface area (Å²) >= 11 is 0. The number of rotatable bonds is 2. The molecule has 2 heterocycles. The van der Waals surface area contributed by atoms with Crippen LogP contribution in [0, 0.1) is 0 Å². The predicted molar refractivity (Wildman–Crippen MR) is 53.8 cm³/mol. The highest BCUT2D eigenvalue weighted by atomic mass is 14.9. The lowest BCUT2D eigenvalue weighted by Gasteiger charge is -2.08. The van der Waals surface area contributed by atoms with Crippen LogP contribution in [0.4, 0.5) is 0 Å². The van der Waals surface area contributed by atoms with E-state index in [1.807, 2.05) is 12.4 Å². The van der Waals surface area contributed by atoms with Gasteiger partial charge in [-0.25, -0.2) is 0 Å². The lowest BCUT2D eigenvalue weighted by atomic mass is 9.98. The Balaban J connectivity index is 2.18. The minimum atomic E-state index is 0.694. The van der Waals surface area contributed by atoms with Crippen LogP contribution in [0.15, 0.2) is 18.5 Å². The summed E-state index contributed by atoms with van der Waals surface area (Å²) < 4.78 is 0. The molecule has 0 aliphatic carbocycles. The average Bonchev–Trinajstić information content (AvgIpc) is 2.71. The van der Waals surface area contributed by atoms with Gasteiger partial charge in [-0.1, -0.05) is 13.0 Å². The van der Waals surface area contributed by atoms with Crippen molar-refractivity contribution in [1.82, 2.24) is 10.3 Å². The minimum absolute atomic E-state index is 0.694. The molecule has 1 fully saturated rings. The lowest BCUT2D eigenvalue weighted by molar-refractivity contribution is 0.756. The van der Waals surface area contributed by atoms with Crippen molar-refractivity contribution in [2.24, 2.45) is 0 Å². The molecule has 1 aromatic heterocycles. The zero-order valence-electron chi connectivity index (χ0n) is 8.09. The van der Waals surface area contributed by atoms with Gasteiger partial charge in [-0.2, -0.15) is 0 Å². The van der Waals surface area contributed by atoms with Crippen molar-refractivity contribution >= 4 is 0 Å². The van der Waals surface area contributed by atoms with Gasteiger partial charge in [-0.3, -0.25) is 4.98 Å². The highest BCUT2D eigenvalue weighted by Crippen LogP contribution is 2.21. The van der Waals surface area contributed by atoms with Gasteiger partial charge in [0.15, 0.2) is 0 Å². The van der Waals surface area contributed by atoms with Crippen molar-refractivity contribution in [1.29, 1.82) is 0 Å². The molecule has 0 saturated carbocycles. The molecular weight excluding hydrogens is 160 g/mol. The molecule has 2 nitrogen and oxygen atoms in total. The zero-order valence-corrected chi connectivity index (χ0v) is 8.09. The number of hydrogen-bond acceptors (Lipinski definition) is 2. The maximum atomic E-state index is 4.27. The fourth-order valence-electron chi connectivity index (χ4n) is 1.86. The van der Waals surface area contributed by atoms with Crippen LogP contribution in [0.3, 0.4) is 0 Å². The largest absolute Gasteiger partial charge is 0.316 e. The Morgan fingerprint density at radius 3 is 3.15 bits per heavy atom. The topological polar surface area (TPSA) is 24.9 Å². The Morgan fingerprint density at radius 2 is 2.46 bits per heavy atom. The number of hydrogen-bond donors (Lipinski definition) is 1. The van der Waals surface area contributed by atoms with Crippen LogP contribution < -0.4 is 5.32 Å². The zero-order chi connectivity index (χ0) is 9.10. The summed E-state index contributed by atoms with van der Waals surface area (Å²) in [7, 11) is 0. The Labute approximate surface area is 79.4 Å². The first-order valence-electron chi connectivity index (χ1n) is 5.04. The Morgan fingerprint density at radius 1 is 1.54 bits per heavy atom. The number of pyridine rings is 1. The van der Waals surface area contributed by atoms with Gasteiger partial charge in [-0.15, -0.1) is 0 Å². The van der Waals surface area contributed by atoms with Crippen molar-refractivity contribution in [2.45, 2.75) is 25.7 Å². The normalized spacial score (nSPS) is 22.1. The average molecular weight is 176 g/mol. The molecule has 0 bridgehead atoms. The molecule has 1 aliphatic heterocycles. The summed E-state index contributed by atoms with van der Waals surface area (Å²) in [5.74, 6) is 0.694. The molecule has 1 atom stereocenters. The maximum Gasteiger partial charge on any atom is 0.0303 e. The first kappa shape index (κ1) is 8.70. The molecule has 0 radical (unpaired) electrons.